The lowest BCUT2D eigenvalue weighted by Gasteiger charge is -2.36. The van der Waals surface area contributed by atoms with E-state index in [1.165, 1.54) is 10.1 Å². The second-order valence-corrected chi connectivity index (χ2v) is 8.28. The van der Waals surface area contributed by atoms with E-state index in [0.29, 0.717) is 6.42 Å². The van der Waals surface area contributed by atoms with Gasteiger partial charge >= 0.3 is 0 Å². The lowest BCUT2D eigenvalue weighted by atomic mass is 10.1. The summed E-state index contributed by atoms with van der Waals surface area (Å²) in [6, 6.07) is 16.5. The third kappa shape index (κ3) is 3.77. The number of anilines is 1. The number of carbonyl (C=O) groups excluding carboxylic acids is 1. The molecule has 0 unspecified atom stereocenters. The summed E-state index contributed by atoms with van der Waals surface area (Å²) in [7, 11) is 1.72. The molecule has 0 spiro atoms. The van der Waals surface area contributed by atoms with Gasteiger partial charge in [-0.05, 0) is 36.1 Å². The van der Waals surface area contributed by atoms with Crippen molar-refractivity contribution < 1.29 is 9.53 Å². The molecule has 4 nitrogen and oxygen atoms in total. The molecule has 0 saturated carbocycles. The summed E-state index contributed by atoms with van der Waals surface area (Å²) in [4.78, 5) is 18.5. The molecule has 2 heterocycles. The Morgan fingerprint density at radius 3 is 2.50 bits per heavy atom. The Balaban J connectivity index is 1.34. The molecular formula is C23H26N2O2S. The number of carbonyl (C=O) groups is 1. The van der Waals surface area contributed by atoms with Crippen molar-refractivity contribution in [3.8, 4) is 5.75 Å². The van der Waals surface area contributed by atoms with Crippen LogP contribution in [0.3, 0.4) is 0 Å². The molecule has 5 heteroatoms. The van der Waals surface area contributed by atoms with Gasteiger partial charge in [0.15, 0.2) is 5.78 Å². The second kappa shape index (κ2) is 8.33. The molecular weight excluding hydrogens is 368 g/mol. The summed E-state index contributed by atoms with van der Waals surface area (Å²) in [5.74, 6) is 1.19. The molecule has 1 saturated heterocycles. The lowest BCUT2D eigenvalue weighted by Crippen LogP contribution is -2.47. The van der Waals surface area contributed by atoms with Crippen LogP contribution >= 0.6 is 11.3 Å². The van der Waals surface area contributed by atoms with Gasteiger partial charge in [-0.1, -0.05) is 30.3 Å². The van der Waals surface area contributed by atoms with Crippen LogP contribution in [0.2, 0.25) is 0 Å². The fraction of sp³-hybridized carbons (Fsp3) is 0.348. The molecule has 1 aromatic heterocycles. The number of nitrogens with zero attached hydrogens (tertiary/aromatic N) is 2. The SMILES string of the molecule is COc1ccccc1N1CCN(CCC(=O)c2sc3ccccc3c2C)CC1. The normalized spacial score (nSPS) is 15.1. The molecule has 0 aliphatic carbocycles. The van der Waals surface area contributed by atoms with Crippen molar-refractivity contribution in [2.24, 2.45) is 0 Å². The van der Waals surface area contributed by atoms with Gasteiger partial charge in [0, 0.05) is 43.8 Å². The number of aryl methyl sites for hydroxylation is 1. The van der Waals surface area contributed by atoms with Gasteiger partial charge in [-0.3, -0.25) is 9.69 Å². The third-order valence-corrected chi connectivity index (χ3v) is 6.86. The Kier molecular flexibility index (Phi) is 5.64. The summed E-state index contributed by atoms with van der Waals surface area (Å²) < 4.78 is 6.69. The van der Waals surface area contributed by atoms with Gasteiger partial charge in [0.25, 0.3) is 0 Å². The van der Waals surface area contributed by atoms with Gasteiger partial charge in [-0.2, -0.15) is 0 Å². The van der Waals surface area contributed by atoms with Crippen molar-refractivity contribution in [2.75, 3.05) is 44.7 Å². The number of benzene rings is 2. The van der Waals surface area contributed by atoms with Crippen LogP contribution in [0.25, 0.3) is 10.1 Å². The molecule has 0 atom stereocenters. The van der Waals surface area contributed by atoms with Crippen LogP contribution < -0.4 is 9.64 Å². The smallest absolute Gasteiger partial charge is 0.174 e. The molecule has 0 amide bonds. The highest BCUT2D eigenvalue weighted by molar-refractivity contribution is 7.21. The highest BCUT2D eigenvalue weighted by Gasteiger charge is 2.21. The number of rotatable bonds is 6. The summed E-state index contributed by atoms with van der Waals surface area (Å²) in [6.07, 6.45) is 0.586. The van der Waals surface area contributed by atoms with Crippen molar-refractivity contribution in [3.63, 3.8) is 0 Å². The minimum Gasteiger partial charge on any atom is -0.495 e. The number of hydrogen-bond acceptors (Lipinski definition) is 5. The zero-order chi connectivity index (χ0) is 19.5. The number of piperazine rings is 1. The van der Waals surface area contributed by atoms with Crippen LogP contribution in [0.1, 0.15) is 21.7 Å². The maximum atomic E-state index is 12.8. The van der Waals surface area contributed by atoms with E-state index in [0.717, 1.165) is 54.6 Å². The van der Waals surface area contributed by atoms with Gasteiger partial charge in [-0.15, -0.1) is 11.3 Å². The minimum absolute atomic E-state index is 0.269. The monoisotopic (exact) mass is 394 g/mol. The van der Waals surface area contributed by atoms with E-state index in [1.807, 2.05) is 24.3 Å². The zero-order valence-corrected chi connectivity index (χ0v) is 17.3. The zero-order valence-electron chi connectivity index (χ0n) is 16.5. The summed E-state index contributed by atoms with van der Waals surface area (Å²) in [5, 5.41) is 1.21. The molecule has 1 fully saturated rings. The maximum Gasteiger partial charge on any atom is 0.174 e. The Morgan fingerprint density at radius 1 is 1.04 bits per heavy atom. The quantitative estimate of drug-likeness (QED) is 0.572. The first-order valence-electron chi connectivity index (χ1n) is 9.79. The van der Waals surface area contributed by atoms with E-state index in [9.17, 15) is 4.79 Å². The first-order chi connectivity index (χ1) is 13.7. The molecule has 146 valence electrons. The predicted molar refractivity (Wildman–Crippen MR) is 117 cm³/mol. The molecule has 0 radical (unpaired) electrons. The topological polar surface area (TPSA) is 32.8 Å². The number of ether oxygens (including phenoxy) is 1. The molecule has 3 aromatic rings. The molecule has 0 bridgehead atoms. The van der Waals surface area contributed by atoms with E-state index in [2.05, 4.69) is 41.0 Å². The average Bonchev–Trinajstić information content (AvgIpc) is 3.09. The Labute approximate surface area is 170 Å². The van der Waals surface area contributed by atoms with Crippen molar-refractivity contribution >= 4 is 32.9 Å². The number of methoxy groups -OCH3 is 1. The average molecular weight is 395 g/mol. The predicted octanol–water partition coefficient (Wildman–Crippen LogP) is 4.61. The standard InChI is InChI=1S/C23H26N2O2S/c1-17-18-7-3-6-10-22(18)28-23(17)20(26)11-12-24-13-15-25(16-14-24)19-8-4-5-9-21(19)27-2/h3-10H,11-16H2,1-2H3. The van der Waals surface area contributed by atoms with Crippen LogP contribution in [-0.2, 0) is 0 Å². The molecule has 28 heavy (non-hydrogen) atoms. The second-order valence-electron chi connectivity index (χ2n) is 7.23. The largest absolute Gasteiger partial charge is 0.495 e. The number of thiophene rings is 1. The van der Waals surface area contributed by atoms with Crippen molar-refractivity contribution in [1.29, 1.82) is 0 Å². The summed E-state index contributed by atoms with van der Waals surface area (Å²) in [5.41, 5.74) is 2.29. The van der Waals surface area contributed by atoms with E-state index in [4.69, 9.17) is 4.74 Å². The van der Waals surface area contributed by atoms with Gasteiger partial charge in [0.1, 0.15) is 5.75 Å². The fourth-order valence-electron chi connectivity index (χ4n) is 3.92. The summed E-state index contributed by atoms with van der Waals surface area (Å²) >= 11 is 1.63. The Hall–Kier alpha value is -2.37. The van der Waals surface area contributed by atoms with Gasteiger partial charge < -0.3 is 9.64 Å². The lowest BCUT2D eigenvalue weighted by molar-refractivity contribution is 0.0966. The van der Waals surface area contributed by atoms with E-state index < -0.39 is 0 Å². The van der Waals surface area contributed by atoms with Crippen LogP contribution in [0.4, 0.5) is 5.69 Å². The maximum absolute atomic E-state index is 12.8. The number of Topliss-reactive ketones (excluding diaryl/α,β-unsaturated/α-hetero) is 1. The summed E-state index contributed by atoms with van der Waals surface area (Å²) in [6.45, 7) is 6.74. The highest BCUT2D eigenvalue weighted by Crippen LogP contribution is 2.32. The molecule has 1 aliphatic rings. The first kappa shape index (κ1) is 19.0. The van der Waals surface area contributed by atoms with Gasteiger partial charge in [-0.25, -0.2) is 0 Å². The van der Waals surface area contributed by atoms with Crippen molar-refractivity contribution in [3.05, 3.63) is 59.0 Å². The minimum atomic E-state index is 0.269. The van der Waals surface area contributed by atoms with Gasteiger partial charge in [0.2, 0.25) is 0 Å². The highest BCUT2D eigenvalue weighted by atomic mass is 32.1. The Morgan fingerprint density at radius 2 is 1.75 bits per heavy atom. The number of ketones is 1. The van der Waals surface area contributed by atoms with Crippen LogP contribution in [0, 0.1) is 6.92 Å². The first-order valence-corrected chi connectivity index (χ1v) is 10.6. The Bertz CT molecular complexity index is 974. The van der Waals surface area contributed by atoms with Crippen LogP contribution in [0.15, 0.2) is 48.5 Å². The van der Waals surface area contributed by atoms with Crippen LogP contribution in [-0.4, -0.2) is 50.5 Å². The fourth-order valence-corrected chi connectivity index (χ4v) is 5.09. The van der Waals surface area contributed by atoms with E-state index >= 15 is 0 Å². The number of fused-ring (bicyclic) bond motifs is 1. The van der Waals surface area contributed by atoms with Gasteiger partial charge in [0.05, 0.1) is 17.7 Å². The van der Waals surface area contributed by atoms with E-state index in [-0.39, 0.29) is 5.78 Å². The van der Waals surface area contributed by atoms with Crippen molar-refractivity contribution in [2.45, 2.75) is 13.3 Å². The van der Waals surface area contributed by atoms with Crippen LogP contribution in [0.5, 0.6) is 5.75 Å². The molecule has 0 N–H and O–H groups in total. The molecule has 4 rings (SSSR count). The number of para-hydroxylation sites is 2. The number of hydrogen-bond donors (Lipinski definition) is 0. The van der Waals surface area contributed by atoms with E-state index in [1.54, 1.807) is 18.4 Å². The van der Waals surface area contributed by atoms with Crippen molar-refractivity contribution in [1.82, 2.24) is 4.90 Å². The molecule has 2 aromatic carbocycles. The third-order valence-electron chi connectivity index (χ3n) is 5.55. The molecule has 1 aliphatic heterocycles.